The van der Waals surface area contributed by atoms with Crippen LogP contribution >= 0.6 is 15.9 Å². The average molecular weight is 337 g/mol. The molecule has 5 heteroatoms. The van der Waals surface area contributed by atoms with E-state index in [1.54, 1.807) is 18.5 Å². The largest absolute Gasteiger partial charge is 0.493 e. The Morgan fingerprint density at radius 2 is 1.95 bits per heavy atom. The summed E-state index contributed by atoms with van der Waals surface area (Å²) in [6.45, 7) is 3.13. The van der Waals surface area contributed by atoms with Crippen LogP contribution in [-0.4, -0.2) is 16.6 Å². The number of alkyl halides is 1. The lowest BCUT2D eigenvalue weighted by atomic mass is 10.2. The average Bonchev–Trinajstić information content (AvgIpc) is 2.52. The van der Waals surface area contributed by atoms with Gasteiger partial charge in [0.05, 0.1) is 6.61 Å². The Bertz CT molecular complexity index is 535. The Kier molecular flexibility index (Phi) is 5.80. The highest BCUT2D eigenvalue weighted by atomic mass is 79.9. The molecular formula is C15H17BrN2O2. The summed E-state index contributed by atoms with van der Waals surface area (Å²) < 4.78 is 11.4. The van der Waals surface area contributed by atoms with Crippen molar-refractivity contribution in [2.45, 2.75) is 25.3 Å². The fourth-order valence-corrected chi connectivity index (χ4v) is 2.10. The molecular weight excluding hydrogens is 320 g/mol. The van der Waals surface area contributed by atoms with Crippen LogP contribution in [0.5, 0.6) is 11.5 Å². The smallest absolute Gasteiger partial charge is 0.166 e. The minimum absolute atomic E-state index is 0.345. The zero-order chi connectivity index (χ0) is 14.2. The van der Waals surface area contributed by atoms with Crippen molar-refractivity contribution in [1.82, 2.24) is 9.97 Å². The molecule has 0 radical (unpaired) electrons. The number of rotatable bonds is 7. The van der Waals surface area contributed by atoms with E-state index in [9.17, 15) is 0 Å². The number of ether oxygens (including phenoxy) is 2. The Balaban J connectivity index is 2.07. The van der Waals surface area contributed by atoms with Crippen molar-refractivity contribution < 1.29 is 9.47 Å². The minimum Gasteiger partial charge on any atom is -0.493 e. The lowest BCUT2D eigenvalue weighted by molar-refractivity contribution is 0.285. The van der Waals surface area contributed by atoms with Gasteiger partial charge in [0.15, 0.2) is 5.82 Å². The molecule has 0 unspecified atom stereocenters. The van der Waals surface area contributed by atoms with Crippen molar-refractivity contribution >= 4 is 15.9 Å². The highest BCUT2D eigenvalue weighted by molar-refractivity contribution is 9.08. The molecule has 0 atom stereocenters. The van der Waals surface area contributed by atoms with Crippen LogP contribution in [0.15, 0.2) is 36.7 Å². The lowest BCUT2D eigenvalue weighted by Gasteiger charge is -2.12. The Morgan fingerprint density at radius 3 is 2.65 bits per heavy atom. The fraction of sp³-hybridized carbons (Fsp3) is 0.333. The first-order valence-corrected chi connectivity index (χ1v) is 7.66. The predicted octanol–water partition coefficient (Wildman–Crippen LogP) is 3.74. The van der Waals surface area contributed by atoms with E-state index in [1.165, 1.54) is 0 Å². The van der Waals surface area contributed by atoms with E-state index < -0.39 is 0 Å². The maximum atomic E-state index is 5.80. The quantitative estimate of drug-likeness (QED) is 0.722. The summed E-state index contributed by atoms with van der Waals surface area (Å²) >= 11 is 3.46. The third-order valence-electron chi connectivity index (χ3n) is 2.63. The van der Waals surface area contributed by atoms with Crippen LogP contribution in [0, 0.1) is 0 Å². The number of halogens is 1. The molecule has 0 spiro atoms. The van der Waals surface area contributed by atoms with Crippen LogP contribution in [0.2, 0.25) is 0 Å². The first-order chi connectivity index (χ1) is 9.83. The molecule has 0 aliphatic rings. The summed E-state index contributed by atoms with van der Waals surface area (Å²) in [4.78, 5) is 8.28. The van der Waals surface area contributed by atoms with Gasteiger partial charge in [-0.1, -0.05) is 28.9 Å². The maximum Gasteiger partial charge on any atom is 0.166 e. The highest BCUT2D eigenvalue weighted by Crippen LogP contribution is 2.27. The normalized spacial score (nSPS) is 10.3. The van der Waals surface area contributed by atoms with Crippen LogP contribution in [0.4, 0.5) is 0 Å². The van der Waals surface area contributed by atoms with Gasteiger partial charge in [0.25, 0.3) is 0 Å². The zero-order valence-corrected chi connectivity index (χ0v) is 13.0. The first-order valence-electron chi connectivity index (χ1n) is 6.54. The SMILES string of the molecule is CCCOc1ccc(CBr)c(OCc2ncccn2)c1. The highest BCUT2D eigenvalue weighted by Gasteiger charge is 2.06. The van der Waals surface area contributed by atoms with Crippen molar-refractivity contribution in [3.63, 3.8) is 0 Å². The summed E-state index contributed by atoms with van der Waals surface area (Å²) in [5.41, 5.74) is 1.07. The molecule has 0 aliphatic heterocycles. The van der Waals surface area contributed by atoms with Gasteiger partial charge in [-0.3, -0.25) is 0 Å². The second-order valence-electron chi connectivity index (χ2n) is 4.21. The molecule has 4 nitrogen and oxygen atoms in total. The maximum absolute atomic E-state index is 5.80. The molecule has 0 saturated carbocycles. The van der Waals surface area contributed by atoms with Gasteiger partial charge < -0.3 is 9.47 Å². The molecule has 0 bridgehead atoms. The van der Waals surface area contributed by atoms with E-state index in [0.29, 0.717) is 19.0 Å². The van der Waals surface area contributed by atoms with Crippen molar-refractivity contribution in [2.75, 3.05) is 6.61 Å². The fourth-order valence-electron chi connectivity index (χ4n) is 1.64. The predicted molar refractivity (Wildman–Crippen MR) is 81.2 cm³/mol. The molecule has 1 aromatic carbocycles. The van der Waals surface area contributed by atoms with E-state index in [-0.39, 0.29) is 0 Å². The van der Waals surface area contributed by atoms with E-state index in [4.69, 9.17) is 9.47 Å². The molecule has 0 N–H and O–H groups in total. The Labute approximate surface area is 127 Å². The summed E-state index contributed by atoms with van der Waals surface area (Å²) in [6, 6.07) is 7.65. The summed E-state index contributed by atoms with van der Waals surface area (Å²) in [5.74, 6) is 2.27. The summed E-state index contributed by atoms with van der Waals surface area (Å²) in [6.07, 6.45) is 4.39. The van der Waals surface area contributed by atoms with Gasteiger partial charge >= 0.3 is 0 Å². The molecule has 0 aliphatic carbocycles. The molecule has 2 rings (SSSR count). The second-order valence-corrected chi connectivity index (χ2v) is 4.77. The number of hydrogen-bond donors (Lipinski definition) is 0. The van der Waals surface area contributed by atoms with Gasteiger partial charge in [-0.15, -0.1) is 0 Å². The molecule has 20 heavy (non-hydrogen) atoms. The van der Waals surface area contributed by atoms with E-state index >= 15 is 0 Å². The third kappa shape index (κ3) is 4.20. The molecule has 0 fully saturated rings. The summed E-state index contributed by atoms with van der Waals surface area (Å²) in [7, 11) is 0. The Hall–Kier alpha value is -1.62. The van der Waals surface area contributed by atoms with Gasteiger partial charge in [0.2, 0.25) is 0 Å². The number of benzene rings is 1. The van der Waals surface area contributed by atoms with Gasteiger partial charge in [0.1, 0.15) is 18.1 Å². The number of aromatic nitrogens is 2. The standard InChI is InChI=1S/C15H17BrN2O2/c1-2-8-19-13-5-4-12(10-16)14(9-13)20-11-15-17-6-3-7-18-15/h3-7,9H,2,8,10-11H2,1H3. The van der Waals surface area contributed by atoms with Crippen LogP contribution in [0.3, 0.4) is 0 Å². The van der Waals surface area contributed by atoms with Crippen molar-refractivity contribution in [1.29, 1.82) is 0 Å². The minimum atomic E-state index is 0.345. The van der Waals surface area contributed by atoms with E-state index in [1.807, 2.05) is 18.2 Å². The number of hydrogen-bond acceptors (Lipinski definition) is 4. The lowest BCUT2D eigenvalue weighted by Crippen LogP contribution is -2.03. The van der Waals surface area contributed by atoms with Crippen LogP contribution in [0.25, 0.3) is 0 Å². The van der Waals surface area contributed by atoms with Gasteiger partial charge in [-0.05, 0) is 18.6 Å². The molecule has 1 aromatic heterocycles. The molecule has 0 amide bonds. The van der Waals surface area contributed by atoms with Crippen molar-refractivity contribution in [3.05, 3.63) is 48.0 Å². The second kappa shape index (κ2) is 7.85. The van der Waals surface area contributed by atoms with E-state index in [0.717, 1.165) is 28.8 Å². The van der Waals surface area contributed by atoms with Gasteiger partial charge in [-0.2, -0.15) is 0 Å². The third-order valence-corrected chi connectivity index (χ3v) is 3.24. The Morgan fingerprint density at radius 1 is 1.15 bits per heavy atom. The van der Waals surface area contributed by atoms with Gasteiger partial charge in [0, 0.05) is 29.4 Å². The van der Waals surface area contributed by atoms with Crippen LogP contribution in [0.1, 0.15) is 24.7 Å². The molecule has 106 valence electrons. The van der Waals surface area contributed by atoms with Gasteiger partial charge in [-0.25, -0.2) is 9.97 Å². The van der Waals surface area contributed by atoms with Crippen molar-refractivity contribution in [2.24, 2.45) is 0 Å². The van der Waals surface area contributed by atoms with E-state index in [2.05, 4.69) is 32.8 Å². The van der Waals surface area contributed by atoms with Crippen LogP contribution < -0.4 is 9.47 Å². The number of nitrogens with zero attached hydrogens (tertiary/aromatic N) is 2. The van der Waals surface area contributed by atoms with Crippen LogP contribution in [-0.2, 0) is 11.9 Å². The molecule has 1 heterocycles. The first kappa shape index (κ1) is 14.8. The zero-order valence-electron chi connectivity index (χ0n) is 11.4. The molecule has 0 saturated heterocycles. The topological polar surface area (TPSA) is 44.2 Å². The summed E-state index contributed by atoms with van der Waals surface area (Å²) in [5, 5.41) is 0.728. The van der Waals surface area contributed by atoms with Crippen molar-refractivity contribution in [3.8, 4) is 11.5 Å². The molecule has 2 aromatic rings. The monoisotopic (exact) mass is 336 g/mol.